The largest absolute Gasteiger partial charge is 0.494 e. The molecule has 3 aromatic carbocycles. The van der Waals surface area contributed by atoms with E-state index in [1.165, 1.54) is 11.1 Å². The summed E-state index contributed by atoms with van der Waals surface area (Å²) >= 11 is 0. The van der Waals surface area contributed by atoms with Crippen LogP contribution in [-0.2, 0) is 17.6 Å². The topological polar surface area (TPSA) is 118 Å². The zero-order chi connectivity index (χ0) is 23.4. The van der Waals surface area contributed by atoms with E-state index in [1.54, 1.807) is 42.5 Å². The van der Waals surface area contributed by atoms with Gasteiger partial charge in [-0.25, -0.2) is 4.79 Å². The average Bonchev–Trinajstić information content (AvgIpc) is 3.20. The number of carboxylic acid groups (broad SMARTS) is 1. The Morgan fingerprint density at radius 2 is 1.73 bits per heavy atom. The number of hydrogen-bond donors (Lipinski definition) is 4. The lowest BCUT2D eigenvalue weighted by Gasteiger charge is -2.20. The molecule has 0 saturated heterocycles. The van der Waals surface area contributed by atoms with Crippen LogP contribution in [0.4, 0.5) is 5.69 Å². The number of carbonyl (C=O) groups is 1. The molecule has 0 radical (unpaired) electrons. The molecule has 0 aliphatic heterocycles. The molecule has 7 heteroatoms. The Labute approximate surface area is 192 Å². The Bertz CT molecular complexity index is 1140. The Kier molecular flexibility index (Phi) is 6.49. The molecule has 33 heavy (non-hydrogen) atoms. The molecule has 0 aromatic heterocycles. The first-order chi connectivity index (χ1) is 15.9. The molecule has 1 aliphatic rings. The number of benzene rings is 3. The molecule has 0 amide bonds. The molecule has 0 saturated carbocycles. The molecule has 7 nitrogen and oxygen atoms in total. The van der Waals surface area contributed by atoms with Crippen LogP contribution in [0.2, 0.25) is 0 Å². The van der Waals surface area contributed by atoms with Crippen LogP contribution in [0.15, 0.2) is 66.7 Å². The zero-order valence-electron chi connectivity index (χ0n) is 18.4. The van der Waals surface area contributed by atoms with Crippen LogP contribution in [0, 0.1) is 5.41 Å². The number of ether oxygens (including phenoxy) is 2. The second kappa shape index (κ2) is 9.65. The minimum atomic E-state index is -1.03. The SMILES string of the molecule is CCOc1cc(OC2Cc3ccccc3C2)cc(C(Nc2ccc(C(=N)N)cc2)C(=O)O)c1. The predicted octanol–water partition coefficient (Wildman–Crippen LogP) is 4.15. The molecule has 3 aromatic rings. The first-order valence-electron chi connectivity index (χ1n) is 10.9. The highest BCUT2D eigenvalue weighted by molar-refractivity contribution is 5.95. The van der Waals surface area contributed by atoms with Crippen LogP contribution >= 0.6 is 0 Å². The van der Waals surface area contributed by atoms with Crippen molar-refractivity contribution in [3.05, 3.63) is 89.0 Å². The third kappa shape index (κ3) is 5.26. The summed E-state index contributed by atoms with van der Waals surface area (Å²) in [4.78, 5) is 12.2. The summed E-state index contributed by atoms with van der Waals surface area (Å²) in [6, 6.07) is 19.3. The molecule has 5 N–H and O–H groups in total. The van der Waals surface area contributed by atoms with E-state index in [0.29, 0.717) is 34.9 Å². The second-order valence-electron chi connectivity index (χ2n) is 7.99. The van der Waals surface area contributed by atoms with Crippen molar-refractivity contribution >= 4 is 17.5 Å². The Balaban J connectivity index is 1.58. The summed E-state index contributed by atoms with van der Waals surface area (Å²) < 4.78 is 12.0. The molecular weight excluding hydrogens is 418 g/mol. The van der Waals surface area contributed by atoms with Gasteiger partial charge in [0.05, 0.1) is 6.61 Å². The minimum absolute atomic E-state index is 0.0116. The van der Waals surface area contributed by atoms with E-state index < -0.39 is 12.0 Å². The number of amidine groups is 1. The van der Waals surface area contributed by atoms with Crippen molar-refractivity contribution in [1.29, 1.82) is 5.41 Å². The molecule has 1 aliphatic carbocycles. The fourth-order valence-electron chi connectivity index (χ4n) is 4.07. The number of nitrogens with two attached hydrogens (primary N) is 1. The molecule has 1 unspecified atom stereocenters. The van der Waals surface area contributed by atoms with Crippen molar-refractivity contribution in [2.24, 2.45) is 5.73 Å². The molecule has 0 bridgehead atoms. The van der Waals surface area contributed by atoms with Crippen LogP contribution in [-0.4, -0.2) is 29.6 Å². The number of carboxylic acids is 1. The molecule has 0 fully saturated rings. The third-order valence-electron chi connectivity index (χ3n) is 5.62. The molecule has 1 atom stereocenters. The van der Waals surface area contributed by atoms with Gasteiger partial charge in [0.15, 0.2) is 6.04 Å². The Morgan fingerprint density at radius 1 is 1.09 bits per heavy atom. The number of hydrogen-bond acceptors (Lipinski definition) is 5. The van der Waals surface area contributed by atoms with Gasteiger partial charge in [-0.1, -0.05) is 24.3 Å². The third-order valence-corrected chi connectivity index (χ3v) is 5.62. The van der Waals surface area contributed by atoms with Gasteiger partial charge in [0, 0.05) is 30.2 Å². The number of anilines is 1. The van der Waals surface area contributed by atoms with Crippen LogP contribution in [0.25, 0.3) is 0 Å². The zero-order valence-corrected chi connectivity index (χ0v) is 18.4. The van der Waals surface area contributed by atoms with E-state index >= 15 is 0 Å². The van der Waals surface area contributed by atoms with E-state index in [2.05, 4.69) is 17.4 Å². The number of fused-ring (bicyclic) bond motifs is 1. The minimum Gasteiger partial charge on any atom is -0.494 e. The maximum atomic E-state index is 12.2. The fourth-order valence-corrected chi connectivity index (χ4v) is 4.07. The predicted molar refractivity (Wildman–Crippen MR) is 127 cm³/mol. The maximum absolute atomic E-state index is 12.2. The Morgan fingerprint density at radius 3 is 2.30 bits per heavy atom. The van der Waals surface area contributed by atoms with E-state index in [1.807, 2.05) is 19.1 Å². The van der Waals surface area contributed by atoms with Crippen LogP contribution in [0.5, 0.6) is 11.5 Å². The maximum Gasteiger partial charge on any atom is 0.330 e. The Hall–Kier alpha value is -4.00. The number of nitrogens with one attached hydrogen (secondary N) is 2. The molecular formula is C26H27N3O4. The van der Waals surface area contributed by atoms with E-state index in [-0.39, 0.29) is 11.9 Å². The second-order valence-corrected chi connectivity index (χ2v) is 7.99. The monoisotopic (exact) mass is 445 g/mol. The van der Waals surface area contributed by atoms with Crippen molar-refractivity contribution < 1.29 is 19.4 Å². The molecule has 0 heterocycles. The number of rotatable bonds is 9. The highest BCUT2D eigenvalue weighted by atomic mass is 16.5. The van der Waals surface area contributed by atoms with Gasteiger partial charge >= 0.3 is 5.97 Å². The van der Waals surface area contributed by atoms with Crippen LogP contribution in [0.1, 0.15) is 35.2 Å². The lowest BCUT2D eigenvalue weighted by Crippen LogP contribution is -2.21. The van der Waals surface area contributed by atoms with Crippen LogP contribution < -0.4 is 20.5 Å². The van der Waals surface area contributed by atoms with Gasteiger partial charge < -0.3 is 25.6 Å². The van der Waals surface area contributed by atoms with Crippen molar-refractivity contribution in [3.63, 3.8) is 0 Å². The van der Waals surface area contributed by atoms with Crippen molar-refractivity contribution in [2.75, 3.05) is 11.9 Å². The fraction of sp³-hybridized carbons (Fsp3) is 0.231. The van der Waals surface area contributed by atoms with Gasteiger partial charge in [-0.2, -0.15) is 0 Å². The van der Waals surface area contributed by atoms with Gasteiger partial charge in [0.2, 0.25) is 0 Å². The molecule has 170 valence electrons. The lowest BCUT2D eigenvalue weighted by atomic mass is 10.0. The first-order valence-corrected chi connectivity index (χ1v) is 10.9. The average molecular weight is 446 g/mol. The van der Waals surface area contributed by atoms with Crippen molar-refractivity contribution in [1.82, 2.24) is 0 Å². The van der Waals surface area contributed by atoms with Crippen molar-refractivity contribution in [3.8, 4) is 11.5 Å². The van der Waals surface area contributed by atoms with Gasteiger partial charge in [-0.3, -0.25) is 5.41 Å². The molecule has 4 rings (SSSR count). The highest BCUT2D eigenvalue weighted by Crippen LogP contribution is 2.32. The summed E-state index contributed by atoms with van der Waals surface area (Å²) in [5.41, 5.74) is 9.75. The summed E-state index contributed by atoms with van der Waals surface area (Å²) in [6.45, 7) is 2.33. The van der Waals surface area contributed by atoms with Gasteiger partial charge in [-0.15, -0.1) is 0 Å². The lowest BCUT2D eigenvalue weighted by molar-refractivity contribution is -0.138. The van der Waals surface area contributed by atoms with Crippen LogP contribution in [0.3, 0.4) is 0 Å². The highest BCUT2D eigenvalue weighted by Gasteiger charge is 2.25. The number of nitrogen functional groups attached to an aromatic ring is 1. The van der Waals surface area contributed by atoms with E-state index in [0.717, 1.165) is 12.8 Å². The van der Waals surface area contributed by atoms with Gasteiger partial charge in [0.25, 0.3) is 0 Å². The molecule has 0 spiro atoms. The number of aliphatic carboxylic acids is 1. The van der Waals surface area contributed by atoms with Gasteiger partial charge in [-0.05, 0) is 60.0 Å². The summed E-state index contributed by atoms with van der Waals surface area (Å²) in [6.07, 6.45) is 1.61. The first kappa shape index (κ1) is 22.2. The summed E-state index contributed by atoms with van der Waals surface area (Å²) in [5, 5.41) is 20.5. The summed E-state index contributed by atoms with van der Waals surface area (Å²) in [7, 11) is 0. The van der Waals surface area contributed by atoms with Gasteiger partial charge in [0.1, 0.15) is 23.4 Å². The van der Waals surface area contributed by atoms with E-state index in [4.69, 9.17) is 20.6 Å². The normalized spacial score (nSPS) is 13.7. The standard InChI is InChI=1S/C26H27N3O4/c1-2-32-21-13-19(24(26(30)31)29-20-9-7-16(8-10-20)25(27)28)14-23(15-21)33-22-11-17-5-3-4-6-18(17)12-22/h3-10,13-15,22,24,29H,2,11-12H2,1H3,(H3,27,28)(H,30,31). The van der Waals surface area contributed by atoms with E-state index in [9.17, 15) is 9.90 Å². The smallest absolute Gasteiger partial charge is 0.330 e. The summed E-state index contributed by atoms with van der Waals surface area (Å²) in [5.74, 6) is 0.0596. The van der Waals surface area contributed by atoms with Crippen molar-refractivity contribution in [2.45, 2.75) is 31.9 Å². The quantitative estimate of drug-likeness (QED) is 0.290.